The van der Waals surface area contributed by atoms with Crippen molar-refractivity contribution in [3.63, 3.8) is 0 Å². The average molecular weight is 271 g/mol. The van der Waals surface area contributed by atoms with Crippen molar-refractivity contribution in [2.24, 2.45) is 11.8 Å². The fourth-order valence-electron chi connectivity index (χ4n) is 2.33. The highest BCUT2D eigenvalue weighted by Crippen LogP contribution is 2.32. The molecule has 2 rings (SSSR count). The SMILES string of the molecule is CC1CCCC(C(=O)c2occc2Br)C1. The smallest absolute Gasteiger partial charge is 0.202 e. The molecule has 1 aliphatic carbocycles. The summed E-state index contributed by atoms with van der Waals surface area (Å²) in [7, 11) is 0. The molecule has 1 saturated carbocycles. The average Bonchev–Trinajstić information content (AvgIpc) is 2.63. The second kappa shape index (κ2) is 4.52. The third-order valence-corrected chi connectivity index (χ3v) is 3.77. The Morgan fingerprint density at radius 2 is 2.33 bits per heavy atom. The van der Waals surface area contributed by atoms with Gasteiger partial charge in [0.1, 0.15) is 0 Å². The van der Waals surface area contributed by atoms with Crippen molar-refractivity contribution in [1.82, 2.24) is 0 Å². The lowest BCUT2D eigenvalue weighted by Gasteiger charge is -2.24. The standard InChI is InChI=1S/C12H15BrO2/c1-8-3-2-4-9(7-8)11(14)12-10(13)5-6-15-12/h5-6,8-9H,2-4,7H2,1H3. The number of ketones is 1. The Bertz CT molecular complexity index is 356. The van der Waals surface area contributed by atoms with E-state index in [-0.39, 0.29) is 11.7 Å². The number of rotatable bonds is 2. The molecule has 1 aromatic rings. The normalized spacial score (nSPS) is 26.5. The van der Waals surface area contributed by atoms with Crippen LogP contribution in [-0.4, -0.2) is 5.78 Å². The third-order valence-electron chi connectivity index (χ3n) is 3.15. The van der Waals surface area contributed by atoms with Gasteiger partial charge in [-0.3, -0.25) is 4.79 Å². The van der Waals surface area contributed by atoms with Crippen molar-refractivity contribution in [2.45, 2.75) is 32.6 Å². The zero-order chi connectivity index (χ0) is 10.8. The van der Waals surface area contributed by atoms with Crippen LogP contribution < -0.4 is 0 Å². The van der Waals surface area contributed by atoms with Crippen molar-refractivity contribution in [2.75, 3.05) is 0 Å². The van der Waals surface area contributed by atoms with Crippen LogP contribution in [0, 0.1) is 11.8 Å². The van der Waals surface area contributed by atoms with E-state index in [2.05, 4.69) is 22.9 Å². The highest BCUT2D eigenvalue weighted by Gasteiger charge is 2.28. The van der Waals surface area contributed by atoms with E-state index in [4.69, 9.17) is 4.42 Å². The lowest BCUT2D eigenvalue weighted by atomic mass is 9.80. The summed E-state index contributed by atoms with van der Waals surface area (Å²) in [5.74, 6) is 1.49. The van der Waals surface area contributed by atoms with Crippen LogP contribution >= 0.6 is 15.9 Å². The van der Waals surface area contributed by atoms with Gasteiger partial charge in [-0.1, -0.05) is 19.8 Å². The van der Waals surface area contributed by atoms with Gasteiger partial charge in [-0.15, -0.1) is 0 Å². The number of furan rings is 1. The first-order chi connectivity index (χ1) is 7.18. The monoisotopic (exact) mass is 270 g/mol. The molecule has 0 spiro atoms. The molecule has 0 bridgehead atoms. The number of Topliss-reactive ketones (excluding diaryl/α,β-unsaturated/α-hetero) is 1. The first kappa shape index (κ1) is 10.9. The second-order valence-electron chi connectivity index (χ2n) is 4.43. The Kier molecular flexibility index (Phi) is 3.29. The van der Waals surface area contributed by atoms with Crippen LogP contribution in [-0.2, 0) is 0 Å². The predicted molar refractivity (Wildman–Crippen MR) is 61.9 cm³/mol. The predicted octanol–water partition coefficient (Wildman–Crippen LogP) is 4.05. The van der Waals surface area contributed by atoms with E-state index in [1.165, 1.54) is 6.42 Å². The molecule has 0 aliphatic heterocycles. The number of carbonyl (C=O) groups excluding carboxylic acids is 1. The first-order valence-electron chi connectivity index (χ1n) is 5.45. The molecular formula is C12H15BrO2. The fraction of sp³-hybridized carbons (Fsp3) is 0.583. The quantitative estimate of drug-likeness (QED) is 0.759. The zero-order valence-corrected chi connectivity index (χ0v) is 10.4. The highest BCUT2D eigenvalue weighted by molar-refractivity contribution is 9.10. The maximum absolute atomic E-state index is 12.1. The molecule has 0 saturated heterocycles. The largest absolute Gasteiger partial charge is 0.460 e. The Morgan fingerprint density at radius 3 is 2.93 bits per heavy atom. The van der Waals surface area contributed by atoms with Crippen LogP contribution in [0.5, 0.6) is 0 Å². The van der Waals surface area contributed by atoms with Crippen LogP contribution in [0.3, 0.4) is 0 Å². The van der Waals surface area contributed by atoms with Crippen molar-refractivity contribution in [1.29, 1.82) is 0 Å². The lowest BCUT2D eigenvalue weighted by molar-refractivity contribution is 0.0838. The van der Waals surface area contributed by atoms with E-state index in [0.29, 0.717) is 11.7 Å². The molecule has 3 heteroatoms. The molecule has 15 heavy (non-hydrogen) atoms. The van der Waals surface area contributed by atoms with Crippen LogP contribution in [0.25, 0.3) is 0 Å². The molecule has 1 aliphatic rings. The van der Waals surface area contributed by atoms with Gasteiger partial charge in [-0.2, -0.15) is 0 Å². The summed E-state index contributed by atoms with van der Waals surface area (Å²) in [4.78, 5) is 12.1. The van der Waals surface area contributed by atoms with E-state index in [0.717, 1.165) is 23.7 Å². The zero-order valence-electron chi connectivity index (χ0n) is 8.83. The Labute approximate surface area is 98.2 Å². The molecule has 0 amide bonds. The molecule has 1 heterocycles. The van der Waals surface area contributed by atoms with Gasteiger partial charge in [-0.05, 0) is 40.8 Å². The minimum Gasteiger partial charge on any atom is -0.460 e. The topological polar surface area (TPSA) is 30.2 Å². The first-order valence-corrected chi connectivity index (χ1v) is 6.25. The van der Waals surface area contributed by atoms with Crippen molar-refractivity contribution in [3.05, 3.63) is 22.6 Å². The number of halogens is 1. The summed E-state index contributed by atoms with van der Waals surface area (Å²) in [5, 5.41) is 0. The van der Waals surface area contributed by atoms with Crippen LogP contribution in [0.1, 0.15) is 43.2 Å². The maximum Gasteiger partial charge on any atom is 0.202 e. The van der Waals surface area contributed by atoms with E-state index >= 15 is 0 Å². The van der Waals surface area contributed by atoms with Gasteiger partial charge >= 0.3 is 0 Å². The molecule has 2 atom stereocenters. The van der Waals surface area contributed by atoms with Crippen molar-refractivity contribution in [3.8, 4) is 0 Å². The van der Waals surface area contributed by atoms with Gasteiger partial charge < -0.3 is 4.42 Å². The van der Waals surface area contributed by atoms with Gasteiger partial charge in [-0.25, -0.2) is 0 Å². The van der Waals surface area contributed by atoms with Gasteiger partial charge in [0, 0.05) is 5.92 Å². The Morgan fingerprint density at radius 1 is 1.53 bits per heavy atom. The molecule has 0 radical (unpaired) electrons. The highest BCUT2D eigenvalue weighted by atomic mass is 79.9. The van der Waals surface area contributed by atoms with Gasteiger partial charge in [0.05, 0.1) is 10.7 Å². The molecule has 82 valence electrons. The van der Waals surface area contributed by atoms with E-state index in [1.54, 1.807) is 12.3 Å². The molecule has 1 fully saturated rings. The molecule has 0 aromatic carbocycles. The van der Waals surface area contributed by atoms with E-state index in [9.17, 15) is 4.79 Å². The number of hydrogen-bond acceptors (Lipinski definition) is 2. The van der Waals surface area contributed by atoms with Gasteiger partial charge in [0.2, 0.25) is 5.78 Å². The van der Waals surface area contributed by atoms with Gasteiger partial charge in [0.25, 0.3) is 0 Å². The number of carbonyl (C=O) groups is 1. The molecule has 2 nitrogen and oxygen atoms in total. The molecule has 0 N–H and O–H groups in total. The second-order valence-corrected chi connectivity index (χ2v) is 5.28. The lowest BCUT2D eigenvalue weighted by Crippen LogP contribution is -2.21. The fourth-order valence-corrected chi connectivity index (χ4v) is 2.72. The Balaban J connectivity index is 2.11. The summed E-state index contributed by atoms with van der Waals surface area (Å²) < 4.78 is 6.00. The summed E-state index contributed by atoms with van der Waals surface area (Å²) in [5.41, 5.74) is 0. The summed E-state index contributed by atoms with van der Waals surface area (Å²) in [6.45, 7) is 2.22. The van der Waals surface area contributed by atoms with Crippen LogP contribution in [0.15, 0.2) is 21.2 Å². The van der Waals surface area contributed by atoms with Gasteiger partial charge in [0.15, 0.2) is 5.76 Å². The summed E-state index contributed by atoms with van der Waals surface area (Å²) in [6, 6.07) is 1.78. The molecular weight excluding hydrogens is 256 g/mol. The van der Waals surface area contributed by atoms with Crippen molar-refractivity contribution < 1.29 is 9.21 Å². The molecule has 2 unspecified atom stereocenters. The van der Waals surface area contributed by atoms with E-state index in [1.807, 2.05) is 0 Å². The minimum atomic E-state index is 0.163. The van der Waals surface area contributed by atoms with Crippen LogP contribution in [0.2, 0.25) is 0 Å². The number of hydrogen-bond donors (Lipinski definition) is 0. The third kappa shape index (κ3) is 2.33. The van der Waals surface area contributed by atoms with E-state index < -0.39 is 0 Å². The maximum atomic E-state index is 12.1. The molecule has 1 aromatic heterocycles. The van der Waals surface area contributed by atoms with Crippen molar-refractivity contribution >= 4 is 21.7 Å². The summed E-state index contributed by atoms with van der Waals surface area (Å²) in [6.07, 6.45) is 5.99. The summed E-state index contributed by atoms with van der Waals surface area (Å²) >= 11 is 3.33. The Hall–Kier alpha value is -0.570. The minimum absolute atomic E-state index is 0.163. The van der Waals surface area contributed by atoms with Crippen LogP contribution in [0.4, 0.5) is 0 Å².